The number of sulfone groups is 1. The van der Waals surface area contributed by atoms with Gasteiger partial charge in [-0.15, -0.1) is 0 Å². The van der Waals surface area contributed by atoms with Crippen molar-refractivity contribution in [2.24, 2.45) is 0 Å². The zero-order valence-corrected chi connectivity index (χ0v) is 14.7. The number of rotatable bonds is 4. The van der Waals surface area contributed by atoms with Crippen molar-refractivity contribution in [2.45, 2.75) is 4.75 Å². The van der Waals surface area contributed by atoms with Gasteiger partial charge in [-0.1, -0.05) is 91.0 Å². The fourth-order valence-electron chi connectivity index (χ4n) is 3.34. The van der Waals surface area contributed by atoms with Gasteiger partial charge in [0.1, 0.15) is 0 Å². The predicted octanol–water partition coefficient (Wildman–Crippen LogP) is 4.23. The summed E-state index contributed by atoms with van der Waals surface area (Å²) in [6.07, 6.45) is 1.59. The van der Waals surface area contributed by atoms with E-state index in [4.69, 9.17) is 0 Å². The van der Waals surface area contributed by atoms with Gasteiger partial charge in [-0.05, 0) is 17.2 Å². The molecule has 3 nitrogen and oxygen atoms in total. The minimum absolute atomic E-state index is 0.200. The molecular weight excluding hydrogens is 344 g/mol. The highest BCUT2D eigenvalue weighted by Crippen LogP contribution is 2.51. The van der Waals surface area contributed by atoms with Gasteiger partial charge in [0.25, 0.3) is 0 Å². The Kier molecular flexibility index (Phi) is 3.85. The predicted molar refractivity (Wildman–Crippen MR) is 102 cm³/mol. The molecule has 3 aromatic rings. The van der Waals surface area contributed by atoms with Gasteiger partial charge < -0.3 is 0 Å². The summed E-state index contributed by atoms with van der Waals surface area (Å²) in [5, 5.41) is 0. The Morgan fingerprint density at radius 3 is 1.73 bits per heavy atom. The first-order chi connectivity index (χ1) is 12.6. The van der Waals surface area contributed by atoms with Crippen LogP contribution in [0.4, 0.5) is 0 Å². The van der Waals surface area contributed by atoms with Crippen LogP contribution >= 0.6 is 0 Å². The molecule has 0 fully saturated rings. The number of hydrogen-bond donors (Lipinski definition) is 0. The van der Waals surface area contributed by atoms with E-state index in [2.05, 4.69) is 0 Å². The zero-order valence-electron chi connectivity index (χ0n) is 13.9. The van der Waals surface area contributed by atoms with Crippen molar-refractivity contribution in [3.8, 4) is 0 Å². The van der Waals surface area contributed by atoms with Crippen molar-refractivity contribution >= 4 is 20.5 Å². The van der Waals surface area contributed by atoms with Gasteiger partial charge in [0.15, 0.2) is 20.4 Å². The molecule has 0 saturated carbocycles. The van der Waals surface area contributed by atoms with Crippen LogP contribution in [0.5, 0.6) is 0 Å². The molecule has 1 atom stereocenters. The van der Waals surface area contributed by atoms with Crippen LogP contribution in [0.1, 0.15) is 21.5 Å². The van der Waals surface area contributed by atoms with Gasteiger partial charge in [0.2, 0.25) is 0 Å². The van der Waals surface area contributed by atoms with Gasteiger partial charge in [-0.25, -0.2) is 8.42 Å². The molecule has 0 saturated heterocycles. The highest BCUT2D eigenvalue weighted by atomic mass is 32.2. The second kappa shape index (κ2) is 6.07. The second-order valence-corrected chi connectivity index (χ2v) is 8.27. The molecule has 4 rings (SSSR count). The molecule has 1 heterocycles. The molecule has 1 aliphatic rings. The van der Waals surface area contributed by atoms with E-state index in [-0.39, 0.29) is 4.91 Å². The maximum absolute atomic E-state index is 13.4. The monoisotopic (exact) mass is 360 g/mol. The fraction of sp³-hybridized carbons (Fsp3) is 0.0455. The summed E-state index contributed by atoms with van der Waals surface area (Å²) in [4.78, 5) is 13.5. The molecule has 0 N–H and O–H groups in total. The summed E-state index contributed by atoms with van der Waals surface area (Å²) < 4.78 is 25.1. The summed E-state index contributed by atoms with van der Waals surface area (Å²) in [7, 11) is -3.87. The average molecular weight is 360 g/mol. The fourth-order valence-corrected chi connectivity index (χ4v) is 5.36. The zero-order chi connectivity index (χ0) is 18.2. The molecule has 1 unspecified atom stereocenters. The van der Waals surface area contributed by atoms with E-state index in [9.17, 15) is 13.2 Å². The molecule has 0 radical (unpaired) electrons. The molecule has 0 spiro atoms. The minimum Gasteiger partial charge on any atom is -0.292 e. The topological polar surface area (TPSA) is 51.2 Å². The Morgan fingerprint density at radius 1 is 0.692 bits per heavy atom. The van der Waals surface area contributed by atoms with Crippen LogP contribution in [0.25, 0.3) is 4.91 Å². The first-order valence-electron chi connectivity index (χ1n) is 8.26. The van der Waals surface area contributed by atoms with Crippen LogP contribution in [0.15, 0.2) is 97.1 Å². The molecule has 0 bridgehead atoms. The molecule has 128 valence electrons. The number of Topliss-reactive ketones (excluding diaryl/α,β-unsaturated/α-hetero) is 1. The normalized spacial score (nSPS) is 20.7. The Morgan fingerprint density at radius 2 is 1.19 bits per heavy atom. The van der Waals surface area contributed by atoms with Gasteiger partial charge in [-0.2, -0.15) is 0 Å². The third-order valence-corrected chi connectivity index (χ3v) is 7.00. The van der Waals surface area contributed by atoms with Gasteiger partial charge in [0, 0.05) is 5.56 Å². The quantitative estimate of drug-likeness (QED) is 0.654. The van der Waals surface area contributed by atoms with Crippen LogP contribution in [0.3, 0.4) is 0 Å². The summed E-state index contributed by atoms with van der Waals surface area (Å²) in [5.41, 5.74) is 1.44. The molecule has 0 aliphatic carbocycles. The minimum atomic E-state index is -3.87. The van der Waals surface area contributed by atoms with Gasteiger partial charge >= 0.3 is 0 Å². The number of carbonyl (C=O) groups is 1. The van der Waals surface area contributed by atoms with Crippen molar-refractivity contribution in [3.63, 3.8) is 0 Å². The van der Waals surface area contributed by atoms with Crippen molar-refractivity contribution in [1.29, 1.82) is 0 Å². The summed E-state index contributed by atoms with van der Waals surface area (Å²) in [6, 6.07) is 26.1. The molecule has 3 aromatic carbocycles. The first-order valence-corrected chi connectivity index (χ1v) is 9.74. The van der Waals surface area contributed by atoms with E-state index >= 15 is 0 Å². The summed E-state index contributed by atoms with van der Waals surface area (Å²) in [6.45, 7) is 0. The third-order valence-electron chi connectivity index (χ3n) is 4.68. The maximum atomic E-state index is 13.4. The molecule has 26 heavy (non-hydrogen) atoms. The highest BCUT2D eigenvalue weighted by molar-refractivity contribution is 8.04. The maximum Gasteiger partial charge on any atom is 0.199 e. The first kappa shape index (κ1) is 16.5. The van der Waals surface area contributed by atoms with E-state index in [1.54, 1.807) is 91.0 Å². The summed E-state index contributed by atoms with van der Waals surface area (Å²) >= 11 is 0. The third kappa shape index (κ3) is 2.26. The van der Waals surface area contributed by atoms with Crippen LogP contribution in [0.2, 0.25) is 0 Å². The highest BCUT2D eigenvalue weighted by Gasteiger charge is 2.59. The lowest BCUT2D eigenvalue weighted by molar-refractivity contribution is 0.0957. The van der Waals surface area contributed by atoms with E-state index in [0.717, 1.165) is 0 Å². The molecular formula is C22H16O3S. The molecule has 1 aliphatic heterocycles. The van der Waals surface area contributed by atoms with E-state index in [1.807, 2.05) is 6.07 Å². The Labute approximate surface area is 152 Å². The number of carbonyl (C=O) groups excluding carboxylic acids is 1. The van der Waals surface area contributed by atoms with E-state index < -0.39 is 20.4 Å². The van der Waals surface area contributed by atoms with Crippen molar-refractivity contribution in [1.82, 2.24) is 0 Å². The lowest BCUT2D eigenvalue weighted by Crippen LogP contribution is -2.48. The van der Waals surface area contributed by atoms with Crippen molar-refractivity contribution < 1.29 is 13.2 Å². The van der Waals surface area contributed by atoms with Crippen LogP contribution < -0.4 is 0 Å². The largest absolute Gasteiger partial charge is 0.292 e. The Bertz CT molecular complexity index is 1090. The van der Waals surface area contributed by atoms with Crippen molar-refractivity contribution in [2.75, 3.05) is 0 Å². The molecule has 0 aromatic heterocycles. The Balaban J connectivity index is 1.95. The lowest BCUT2D eigenvalue weighted by Gasteiger charge is -2.38. The standard InChI is InChI=1S/C22H16O3S/c23-21(18-12-6-2-7-13-18)22(19-14-8-3-9-15-19)16-20(26(22,24)25)17-10-4-1-5-11-17/h1-16H. The summed E-state index contributed by atoms with van der Waals surface area (Å²) in [5.74, 6) is -0.427. The number of ketones is 1. The average Bonchev–Trinajstić information content (AvgIpc) is 2.69. The molecule has 4 heteroatoms. The number of benzene rings is 3. The second-order valence-electron chi connectivity index (χ2n) is 6.17. The van der Waals surface area contributed by atoms with Crippen LogP contribution in [-0.2, 0) is 14.6 Å². The SMILES string of the molecule is O=C(c1ccccc1)C1(c2ccccc2)C=C(c2ccccc2)S1(=O)=O. The lowest BCUT2D eigenvalue weighted by atomic mass is 9.87. The number of hydrogen-bond acceptors (Lipinski definition) is 3. The Hall–Kier alpha value is -2.98. The van der Waals surface area contributed by atoms with Crippen molar-refractivity contribution in [3.05, 3.63) is 114 Å². The van der Waals surface area contributed by atoms with Crippen LogP contribution in [0, 0.1) is 0 Å². The van der Waals surface area contributed by atoms with Gasteiger partial charge in [-0.3, -0.25) is 4.79 Å². The smallest absolute Gasteiger partial charge is 0.199 e. The molecule has 0 amide bonds. The van der Waals surface area contributed by atoms with E-state index in [1.165, 1.54) is 0 Å². The van der Waals surface area contributed by atoms with Crippen LogP contribution in [-0.4, -0.2) is 14.2 Å². The van der Waals surface area contributed by atoms with E-state index in [0.29, 0.717) is 16.7 Å². The van der Waals surface area contributed by atoms with Gasteiger partial charge in [0.05, 0.1) is 4.91 Å².